The molecule has 1 saturated heterocycles. The molecule has 1 aliphatic rings. The van der Waals surface area contributed by atoms with Gasteiger partial charge in [0.1, 0.15) is 5.75 Å². The first-order chi connectivity index (χ1) is 9.24. The van der Waals surface area contributed by atoms with Crippen molar-refractivity contribution in [3.8, 4) is 5.75 Å². The Hall–Kier alpha value is -1.38. The van der Waals surface area contributed by atoms with E-state index in [1.54, 1.807) is 7.11 Å². The van der Waals surface area contributed by atoms with Gasteiger partial charge >= 0.3 is 0 Å². The molecule has 1 aliphatic heterocycles. The largest absolute Gasteiger partial charge is 0.495 e. The lowest BCUT2D eigenvalue weighted by Gasteiger charge is -2.23. The van der Waals surface area contributed by atoms with Crippen molar-refractivity contribution in [1.82, 2.24) is 0 Å². The lowest BCUT2D eigenvalue weighted by atomic mass is 9.96. The Morgan fingerprint density at radius 3 is 2.89 bits per heavy atom. The molecule has 1 atom stereocenters. The summed E-state index contributed by atoms with van der Waals surface area (Å²) in [4.78, 5) is 2.47. The molecule has 0 saturated carbocycles. The molecule has 2 rings (SSSR count). The Labute approximate surface area is 116 Å². The van der Waals surface area contributed by atoms with Crippen molar-refractivity contribution in [2.45, 2.75) is 39.0 Å². The van der Waals surface area contributed by atoms with E-state index in [4.69, 9.17) is 10.5 Å². The van der Waals surface area contributed by atoms with Crippen LogP contribution in [0.4, 0.5) is 11.4 Å². The molecular weight excluding hydrogens is 236 g/mol. The minimum atomic E-state index is 0.713. The molecule has 0 radical (unpaired) electrons. The number of ether oxygens (including phenoxy) is 1. The molecule has 0 aliphatic carbocycles. The number of hydrogen-bond donors (Lipinski definition) is 1. The third kappa shape index (κ3) is 3.55. The van der Waals surface area contributed by atoms with Gasteiger partial charge in [0.05, 0.1) is 12.8 Å². The lowest BCUT2D eigenvalue weighted by Crippen LogP contribution is -2.24. The normalized spacial score (nSPS) is 20.1. The molecule has 3 heteroatoms. The predicted octanol–water partition coefficient (Wildman–Crippen LogP) is 3.68. The summed E-state index contributed by atoms with van der Waals surface area (Å²) in [6.07, 6.45) is 6.65. The zero-order chi connectivity index (χ0) is 13.7. The first-order valence-electron chi connectivity index (χ1n) is 7.43. The molecule has 2 N–H and O–H groups in total. The summed E-state index contributed by atoms with van der Waals surface area (Å²) < 4.78 is 5.32. The fraction of sp³-hybridized carbons (Fsp3) is 0.625. The predicted molar refractivity (Wildman–Crippen MR) is 81.9 cm³/mol. The van der Waals surface area contributed by atoms with Crippen molar-refractivity contribution in [3.63, 3.8) is 0 Å². The summed E-state index contributed by atoms with van der Waals surface area (Å²) in [5, 5.41) is 0. The van der Waals surface area contributed by atoms with Gasteiger partial charge in [0.2, 0.25) is 0 Å². The summed E-state index contributed by atoms with van der Waals surface area (Å²) in [5.41, 5.74) is 7.83. The van der Waals surface area contributed by atoms with Crippen LogP contribution in [0.1, 0.15) is 39.0 Å². The number of rotatable bonds is 4. The molecule has 1 aromatic carbocycles. The number of nitrogens with zero attached hydrogens (tertiary/aromatic N) is 1. The van der Waals surface area contributed by atoms with Crippen molar-refractivity contribution < 1.29 is 4.74 Å². The fourth-order valence-corrected chi connectivity index (χ4v) is 3.02. The monoisotopic (exact) mass is 262 g/mol. The van der Waals surface area contributed by atoms with E-state index < -0.39 is 0 Å². The summed E-state index contributed by atoms with van der Waals surface area (Å²) in [6, 6.07) is 6.12. The highest BCUT2D eigenvalue weighted by atomic mass is 16.5. The quantitative estimate of drug-likeness (QED) is 0.841. The summed E-state index contributed by atoms with van der Waals surface area (Å²) in [7, 11) is 1.68. The number of nitrogens with two attached hydrogens (primary N) is 1. The van der Waals surface area contributed by atoms with E-state index in [9.17, 15) is 0 Å². The second-order valence-electron chi connectivity index (χ2n) is 5.50. The van der Waals surface area contributed by atoms with E-state index >= 15 is 0 Å². The maximum absolute atomic E-state index is 5.88. The van der Waals surface area contributed by atoms with Crippen molar-refractivity contribution >= 4 is 11.4 Å². The van der Waals surface area contributed by atoms with Gasteiger partial charge in [-0.25, -0.2) is 0 Å². The molecule has 1 heterocycles. The Balaban J connectivity index is 2.05. The molecule has 106 valence electrons. The van der Waals surface area contributed by atoms with E-state index in [0.29, 0.717) is 5.69 Å². The second-order valence-corrected chi connectivity index (χ2v) is 5.50. The highest BCUT2D eigenvalue weighted by molar-refractivity contribution is 5.62. The van der Waals surface area contributed by atoms with Crippen molar-refractivity contribution in [1.29, 1.82) is 0 Å². The van der Waals surface area contributed by atoms with Crippen molar-refractivity contribution in [2.24, 2.45) is 5.92 Å². The van der Waals surface area contributed by atoms with Crippen molar-refractivity contribution in [3.05, 3.63) is 18.2 Å². The Bertz CT molecular complexity index is 406. The maximum Gasteiger partial charge on any atom is 0.143 e. The number of nitrogen functional groups attached to an aromatic ring is 1. The maximum atomic E-state index is 5.88. The Morgan fingerprint density at radius 2 is 2.16 bits per heavy atom. The smallest absolute Gasteiger partial charge is 0.143 e. The van der Waals surface area contributed by atoms with Crippen LogP contribution < -0.4 is 15.4 Å². The van der Waals surface area contributed by atoms with Crippen LogP contribution in [0.25, 0.3) is 0 Å². The third-order valence-corrected chi connectivity index (χ3v) is 4.13. The van der Waals surface area contributed by atoms with Crippen LogP contribution in [0.3, 0.4) is 0 Å². The summed E-state index contributed by atoms with van der Waals surface area (Å²) in [5.74, 6) is 1.69. The van der Waals surface area contributed by atoms with Crippen LogP contribution in [0.2, 0.25) is 0 Å². The SMILES string of the molecule is CCCC1CCCN(c2ccc(N)c(OC)c2)CC1. The summed E-state index contributed by atoms with van der Waals surface area (Å²) >= 11 is 0. The van der Waals surface area contributed by atoms with Crippen LogP contribution in [-0.4, -0.2) is 20.2 Å². The van der Waals surface area contributed by atoms with E-state index in [1.807, 2.05) is 6.07 Å². The van der Waals surface area contributed by atoms with Crippen LogP contribution in [0.15, 0.2) is 18.2 Å². The van der Waals surface area contributed by atoms with Crippen LogP contribution in [0, 0.1) is 5.92 Å². The van der Waals surface area contributed by atoms with Crippen LogP contribution in [0.5, 0.6) is 5.75 Å². The molecule has 19 heavy (non-hydrogen) atoms. The first kappa shape index (κ1) is 14.0. The lowest BCUT2D eigenvalue weighted by molar-refractivity contribution is 0.417. The third-order valence-electron chi connectivity index (χ3n) is 4.13. The zero-order valence-corrected chi connectivity index (χ0v) is 12.2. The average molecular weight is 262 g/mol. The molecular formula is C16H26N2O. The topological polar surface area (TPSA) is 38.5 Å². The van der Waals surface area contributed by atoms with Crippen molar-refractivity contribution in [2.75, 3.05) is 30.8 Å². The van der Waals surface area contributed by atoms with E-state index in [0.717, 1.165) is 24.8 Å². The number of anilines is 2. The molecule has 1 unspecified atom stereocenters. The molecule has 3 nitrogen and oxygen atoms in total. The van der Waals surface area contributed by atoms with Gasteiger partial charge in [-0.3, -0.25) is 0 Å². The second kappa shape index (κ2) is 6.69. The molecule has 0 aromatic heterocycles. The van der Waals surface area contributed by atoms with Gasteiger partial charge < -0.3 is 15.4 Å². The molecule has 0 amide bonds. The minimum absolute atomic E-state index is 0.713. The van der Waals surface area contributed by atoms with Gasteiger partial charge in [0.15, 0.2) is 0 Å². The molecule has 0 bridgehead atoms. The zero-order valence-electron chi connectivity index (χ0n) is 12.2. The van der Waals surface area contributed by atoms with Crippen LogP contribution in [-0.2, 0) is 0 Å². The fourth-order valence-electron chi connectivity index (χ4n) is 3.02. The molecule has 1 aromatic rings. The van der Waals surface area contributed by atoms with E-state index in [1.165, 1.54) is 37.8 Å². The number of methoxy groups -OCH3 is 1. The average Bonchev–Trinajstić information content (AvgIpc) is 2.66. The summed E-state index contributed by atoms with van der Waals surface area (Å²) in [6.45, 7) is 4.58. The molecule has 1 fully saturated rings. The highest BCUT2D eigenvalue weighted by Gasteiger charge is 2.17. The van der Waals surface area contributed by atoms with Gasteiger partial charge in [-0.1, -0.05) is 19.8 Å². The van der Waals surface area contributed by atoms with Gasteiger partial charge in [-0.15, -0.1) is 0 Å². The minimum Gasteiger partial charge on any atom is -0.495 e. The molecule has 0 spiro atoms. The van der Waals surface area contributed by atoms with E-state index in [-0.39, 0.29) is 0 Å². The number of benzene rings is 1. The van der Waals surface area contributed by atoms with Gasteiger partial charge in [-0.05, 0) is 37.3 Å². The Kier molecular flexibility index (Phi) is 4.94. The first-order valence-corrected chi connectivity index (χ1v) is 7.43. The Morgan fingerprint density at radius 1 is 1.32 bits per heavy atom. The van der Waals surface area contributed by atoms with Crippen LogP contribution >= 0.6 is 0 Å². The van der Waals surface area contributed by atoms with Gasteiger partial charge in [-0.2, -0.15) is 0 Å². The number of hydrogen-bond acceptors (Lipinski definition) is 3. The van der Waals surface area contributed by atoms with Gasteiger partial charge in [0, 0.05) is 24.8 Å². The highest BCUT2D eigenvalue weighted by Crippen LogP contribution is 2.30. The standard InChI is InChI=1S/C16H26N2O/c1-3-5-13-6-4-10-18(11-9-13)14-7-8-15(17)16(12-14)19-2/h7-8,12-13H,3-6,9-11,17H2,1-2H3. The van der Waals surface area contributed by atoms with E-state index in [2.05, 4.69) is 24.0 Å². The van der Waals surface area contributed by atoms with Gasteiger partial charge in [0.25, 0.3) is 0 Å².